The van der Waals surface area contributed by atoms with Crippen LogP contribution in [0.5, 0.6) is 5.75 Å². The van der Waals surface area contributed by atoms with E-state index in [0.717, 1.165) is 23.2 Å². The van der Waals surface area contributed by atoms with E-state index in [1.165, 1.54) is 12.1 Å². The molecule has 9 heteroatoms. The molecular formula is C23H27FN6O2. The second-order valence-electron chi connectivity index (χ2n) is 8.15. The molecule has 0 saturated carbocycles. The normalized spacial score (nSPS) is 15.8. The molecule has 3 aromatic rings. The van der Waals surface area contributed by atoms with Gasteiger partial charge in [0.25, 0.3) is 0 Å². The van der Waals surface area contributed by atoms with Gasteiger partial charge < -0.3 is 14.5 Å². The van der Waals surface area contributed by atoms with Crippen molar-refractivity contribution in [2.45, 2.75) is 18.8 Å². The summed E-state index contributed by atoms with van der Waals surface area (Å²) in [6.07, 6.45) is 6.66. The van der Waals surface area contributed by atoms with Crippen molar-refractivity contribution in [1.29, 1.82) is 0 Å². The maximum absolute atomic E-state index is 13.3. The Morgan fingerprint density at radius 2 is 2.16 bits per heavy atom. The lowest BCUT2D eigenvalue weighted by Gasteiger charge is -2.19. The Morgan fingerprint density at radius 1 is 1.31 bits per heavy atom. The fourth-order valence-corrected chi connectivity index (χ4v) is 3.88. The lowest BCUT2D eigenvalue weighted by atomic mass is 9.97. The summed E-state index contributed by atoms with van der Waals surface area (Å²) in [5, 5.41) is 4.27. The van der Waals surface area contributed by atoms with Crippen molar-refractivity contribution in [3.63, 3.8) is 0 Å². The Hall–Kier alpha value is -3.49. The van der Waals surface area contributed by atoms with Crippen LogP contribution in [-0.2, 0) is 11.8 Å². The molecule has 0 radical (unpaired) electrons. The van der Waals surface area contributed by atoms with Crippen molar-refractivity contribution >= 4 is 11.9 Å². The summed E-state index contributed by atoms with van der Waals surface area (Å²) in [6, 6.07) is 5.93. The predicted molar refractivity (Wildman–Crippen MR) is 119 cm³/mol. The van der Waals surface area contributed by atoms with Gasteiger partial charge in [-0.25, -0.2) is 14.4 Å². The monoisotopic (exact) mass is 438 g/mol. The molecule has 2 aromatic heterocycles. The third-order valence-electron chi connectivity index (χ3n) is 5.53. The van der Waals surface area contributed by atoms with Crippen molar-refractivity contribution in [3.8, 4) is 16.9 Å². The summed E-state index contributed by atoms with van der Waals surface area (Å²) in [5.41, 5.74) is 2.83. The number of carbonyl (C=O) groups excluding carboxylic acids is 1. The van der Waals surface area contributed by atoms with Gasteiger partial charge in [0.15, 0.2) is 0 Å². The van der Waals surface area contributed by atoms with Crippen molar-refractivity contribution < 1.29 is 13.9 Å². The Labute approximate surface area is 186 Å². The van der Waals surface area contributed by atoms with Gasteiger partial charge in [-0.05, 0) is 18.6 Å². The van der Waals surface area contributed by atoms with E-state index in [1.807, 2.05) is 43.3 Å². The number of benzene rings is 1. The molecule has 1 aliphatic heterocycles. The molecule has 0 aliphatic carbocycles. The quantitative estimate of drug-likeness (QED) is 0.565. The largest absolute Gasteiger partial charge is 0.493 e. The second kappa shape index (κ2) is 9.33. The molecule has 8 nitrogen and oxygen atoms in total. The van der Waals surface area contributed by atoms with Gasteiger partial charge in [-0.1, -0.05) is 6.07 Å². The van der Waals surface area contributed by atoms with Crippen LogP contribution < -0.4 is 9.64 Å². The Bertz CT molecular complexity index is 1100. The van der Waals surface area contributed by atoms with Crippen molar-refractivity contribution in [2.75, 3.05) is 38.7 Å². The van der Waals surface area contributed by atoms with Gasteiger partial charge in [0.1, 0.15) is 11.6 Å². The van der Waals surface area contributed by atoms with E-state index in [1.54, 1.807) is 23.0 Å². The molecule has 32 heavy (non-hydrogen) atoms. The zero-order valence-electron chi connectivity index (χ0n) is 18.5. The fourth-order valence-electron chi connectivity index (χ4n) is 3.88. The van der Waals surface area contributed by atoms with Crippen LogP contribution in [0.4, 0.5) is 10.3 Å². The summed E-state index contributed by atoms with van der Waals surface area (Å²) < 4.78 is 20.5. The summed E-state index contributed by atoms with van der Waals surface area (Å²) in [5.74, 6) is 0.840. The third-order valence-corrected chi connectivity index (χ3v) is 5.53. The maximum atomic E-state index is 13.3. The van der Waals surface area contributed by atoms with E-state index in [-0.39, 0.29) is 30.7 Å². The molecule has 4 rings (SSSR count). The molecule has 3 heterocycles. The standard InChI is InChI=1S/C23H27FN6O2/c1-28(2)23-25-13-20(17-12-26-29(3)14-17)22(27-23)16-7-9-30(15-16)21(31)8-10-32-19-6-4-5-18(24)11-19/h4-6,11-14,16H,7-10,15H2,1-3H3/t16-/m1/s1. The van der Waals surface area contributed by atoms with Crippen LogP contribution in [0.3, 0.4) is 0 Å². The highest BCUT2D eigenvalue weighted by Crippen LogP contribution is 2.34. The van der Waals surface area contributed by atoms with Gasteiger partial charge in [0.2, 0.25) is 11.9 Å². The van der Waals surface area contributed by atoms with E-state index >= 15 is 0 Å². The zero-order chi connectivity index (χ0) is 22.7. The van der Waals surface area contributed by atoms with Crippen LogP contribution in [0, 0.1) is 5.82 Å². The molecule has 0 unspecified atom stereocenters. The number of rotatable bonds is 7. The van der Waals surface area contributed by atoms with Crippen LogP contribution in [0.2, 0.25) is 0 Å². The van der Waals surface area contributed by atoms with E-state index < -0.39 is 0 Å². The van der Waals surface area contributed by atoms with E-state index in [4.69, 9.17) is 9.72 Å². The Morgan fingerprint density at radius 3 is 2.88 bits per heavy atom. The number of halogens is 1. The highest BCUT2D eigenvalue weighted by atomic mass is 19.1. The number of hydrogen-bond donors (Lipinski definition) is 0. The molecule has 0 N–H and O–H groups in total. The number of nitrogens with zero attached hydrogens (tertiary/aromatic N) is 6. The van der Waals surface area contributed by atoms with E-state index in [2.05, 4.69) is 10.1 Å². The lowest BCUT2D eigenvalue weighted by Crippen LogP contribution is -2.29. The minimum atomic E-state index is -0.359. The Balaban J connectivity index is 1.44. The number of amides is 1. The predicted octanol–water partition coefficient (Wildman–Crippen LogP) is 2.87. The molecule has 0 spiro atoms. The van der Waals surface area contributed by atoms with E-state index in [9.17, 15) is 9.18 Å². The smallest absolute Gasteiger partial charge is 0.226 e. The van der Waals surface area contributed by atoms with Crippen LogP contribution in [-0.4, -0.2) is 64.3 Å². The summed E-state index contributed by atoms with van der Waals surface area (Å²) in [7, 11) is 5.69. The maximum Gasteiger partial charge on any atom is 0.226 e. The number of aryl methyl sites for hydroxylation is 1. The summed E-state index contributed by atoms with van der Waals surface area (Å²) >= 11 is 0. The average molecular weight is 439 g/mol. The first-order valence-electron chi connectivity index (χ1n) is 10.6. The number of hydrogen-bond acceptors (Lipinski definition) is 6. The fraction of sp³-hybridized carbons (Fsp3) is 0.391. The molecule has 0 bridgehead atoms. The summed E-state index contributed by atoms with van der Waals surface area (Å²) in [4.78, 5) is 25.8. The average Bonchev–Trinajstić information content (AvgIpc) is 3.43. The first kappa shape index (κ1) is 21.7. The number of ether oxygens (including phenoxy) is 1. The minimum absolute atomic E-state index is 0.0220. The molecule has 1 amide bonds. The molecule has 168 valence electrons. The van der Waals surface area contributed by atoms with Crippen LogP contribution in [0.1, 0.15) is 24.5 Å². The molecular weight excluding hydrogens is 411 g/mol. The number of anilines is 1. The SMILES string of the molecule is CN(C)c1ncc(-c2cnn(C)c2)c([C@@H]2CCN(C(=O)CCOc3cccc(F)c3)C2)n1. The molecule has 1 aliphatic rings. The number of aromatic nitrogens is 4. The minimum Gasteiger partial charge on any atom is -0.493 e. The van der Waals surface area contributed by atoms with Gasteiger partial charge in [-0.15, -0.1) is 0 Å². The highest BCUT2D eigenvalue weighted by molar-refractivity contribution is 5.77. The third kappa shape index (κ3) is 4.87. The number of likely N-dealkylation sites (tertiary alicyclic amines) is 1. The molecule has 1 atom stereocenters. The van der Waals surface area contributed by atoms with Gasteiger partial charge in [-0.3, -0.25) is 9.48 Å². The summed E-state index contributed by atoms with van der Waals surface area (Å²) in [6.45, 7) is 1.47. The van der Waals surface area contributed by atoms with Gasteiger partial charge in [0, 0.05) is 69.7 Å². The van der Waals surface area contributed by atoms with Crippen molar-refractivity contribution in [2.24, 2.45) is 7.05 Å². The van der Waals surface area contributed by atoms with Crippen molar-refractivity contribution in [3.05, 3.63) is 54.4 Å². The highest BCUT2D eigenvalue weighted by Gasteiger charge is 2.30. The first-order valence-corrected chi connectivity index (χ1v) is 10.6. The molecule has 1 fully saturated rings. The second-order valence-corrected chi connectivity index (χ2v) is 8.15. The van der Waals surface area contributed by atoms with Gasteiger partial charge >= 0.3 is 0 Å². The molecule has 1 aromatic carbocycles. The van der Waals surface area contributed by atoms with Gasteiger partial charge in [0.05, 0.1) is 24.9 Å². The topological polar surface area (TPSA) is 76.4 Å². The van der Waals surface area contributed by atoms with Crippen LogP contribution in [0.15, 0.2) is 42.9 Å². The van der Waals surface area contributed by atoms with Crippen molar-refractivity contribution in [1.82, 2.24) is 24.6 Å². The first-order chi connectivity index (χ1) is 15.4. The van der Waals surface area contributed by atoms with E-state index in [0.29, 0.717) is 24.8 Å². The van der Waals surface area contributed by atoms with Crippen LogP contribution in [0.25, 0.3) is 11.1 Å². The van der Waals surface area contributed by atoms with Gasteiger partial charge in [-0.2, -0.15) is 5.10 Å². The van der Waals surface area contributed by atoms with Crippen LogP contribution >= 0.6 is 0 Å². The lowest BCUT2D eigenvalue weighted by molar-refractivity contribution is -0.130. The number of carbonyl (C=O) groups is 1. The molecule has 1 saturated heterocycles. The Kier molecular flexibility index (Phi) is 6.34. The zero-order valence-corrected chi connectivity index (χ0v) is 18.5.